The van der Waals surface area contributed by atoms with Crippen molar-refractivity contribution >= 4 is 23.6 Å². The van der Waals surface area contributed by atoms with Crippen LogP contribution in [0.15, 0.2) is 47.0 Å². The average Bonchev–Trinajstić information content (AvgIpc) is 3.21. The largest absolute Gasteiger partial charge is 0.497 e. The van der Waals surface area contributed by atoms with Crippen LogP contribution in [-0.4, -0.2) is 30.3 Å². The molecular formula is C21H19ClN2O5. The molecule has 0 saturated carbocycles. The normalized spacial score (nSPS) is 10.9. The number of aryl methyl sites for hydroxylation is 1. The van der Waals surface area contributed by atoms with Crippen molar-refractivity contribution in [2.45, 2.75) is 13.5 Å². The molecule has 0 aliphatic rings. The van der Waals surface area contributed by atoms with Crippen LogP contribution in [0.3, 0.4) is 0 Å². The Morgan fingerprint density at radius 3 is 2.72 bits per heavy atom. The lowest BCUT2D eigenvalue weighted by Crippen LogP contribution is -2.01. The SMILES string of the molecule is COc1ccc(-c2noc(COC(=O)/C=C/c3ccc(C)c(Cl)c3)n2)c(OC)c1. The summed E-state index contributed by atoms with van der Waals surface area (Å²) in [7, 11) is 3.10. The van der Waals surface area contributed by atoms with Crippen LogP contribution in [-0.2, 0) is 16.1 Å². The molecule has 0 N–H and O–H groups in total. The Hall–Kier alpha value is -3.32. The first-order valence-corrected chi connectivity index (χ1v) is 9.04. The van der Waals surface area contributed by atoms with Crippen molar-refractivity contribution in [3.63, 3.8) is 0 Å². The smallest absolute Gasteiger partial charge is 0.331 e. The van der Waals surface area contributed by atoms with Gasteiger partial charge in [0.2, 0.25) is 5.82 Å². The number of halogens is 1. The van der Waals surface area contributed by atoms with E-state index < -0.39 is 5.97 Å². The van der Waals surface area contributed by atoms with Crippen molar-refractivity contribution in [1.29, 1.82) is 0 Å². The predicted octanol–water partition coefficient (Wildman–Crippen LogP) is 4.47. The lowest BCUT2D eigenvalue weighted by atomic mass is 10.1. The van der Waals surface area contributed by atoms with Gasteiger partial charge < -0.3 is 18.7 Å². The van der Waals surface area contributed by atoms with Gasteiger partial charge in [0.15, 0.2) is 6.61 Å². The monoisotopic (exact) mass is 414 g/mol. The summed E-state index contributed by atoms with van der Waals surface area (Å²) in [4.78, 5) is 16.2. The van der Waals surface area contributed by atoms with E-state index in [1.54, 1.807) is 37.5 Å². The number of esters is 1. The van der Waals surface area contributed by atoms with Crippen molar-refractivity contribution in [1.82, 2.24) is 10.1 Å². The maximum Gasteiger partial charge on any atom is 0.331 e. The lowest BCUT2D eigenvalue weighted by Gasteiger charge is -2.07. The summed E-state index contributed by atoms with van der Waals surface area (Å²) in [6.07, 6.45) is 2.93. The quantitative estimate of drug-likeness (QED) is 0.416. The van der Waals surface area contributed by atoms with Gasteiger partial charge in [0, 0.05) is 17.2 Å². The van der Waals surface area contributed by atoms with E-state index in [-0.39, 0.29) is 12.5 Å². The van der Waals surface area contributed by atoms with Crippen LogP contribution in [0.2, 0.25) is 5.02 Å². The number of carbonyl (C=O) groups excluding carboxylic acids is 1. The first-order valence-electron chi connectivity index (χ1n) is 8.66. The highest BCUT2D eigenvalue weighted by Gasteiger charge is 2.15. The molecule has 0 saturated heterocycles. The molecule has 0 spiro atoms. The van der Waals surface area contributed by atoms with Crippen LogP contribution in [0, 0.1) is 6.92 Å². The average molecular weight is 415 g/mol. The Balaban J connectivity index is 1.62. The topological polar surface area (TPSA) is 83.7 Å². The molecule has 150 valence electrons. The molecule has 2 aromatic carbocycles. The van der Waals surface area contributed by atoms with E-state index in [2.05, 4.69) is 10.1 Å². The molecule has 0 unspecified atom stereocenters. The molecule has 7 nitrogen and oxygen atoms in total. The first-order chi connectivity index (χ1) is 14.0. The van der Waals surface area contributed by atoms with Gasteiger partial charge in [-0.15, -0.1) is 0 Å². The van der Waals surface area contributed by atoms with Crippen molar-refractivity contribution in [2.24, 2.45) is 0 Å². The van der Waals surface area contributed by atoms with Gasteiger partial charge in [-0.2, -0.15) is 4.98 Å². The Morgan fingerprint density at radius 1 is 1.17 bits per heavy atom. The molecular weight excluding hydrogens is 396 g/mol. The molecule has 1 aromatic heterocycles. The second-order valence-corrected chi connectivity index (χ2v) is 6.43. The Labute approximate surface area is 172 Å². The van der Waals surface area contributed by atoms with E-state index in [0.29, 0.717) is 27.9 Å². The molecule has 0 amide bonds. The molecule has 3 aromatic rings. The molecule has 0 aliphatic heterocycles. The van der Waals surface area contributed by atoms with Gasteiger partial charge in [0.25, 0.3) is 5.89 Å². The first kappa shape index (κ1) is 20.4. The zero-order valence-electron chi connectivity index (χ0n) is 16.1. The Bertz CT molecular complexity index is 1050. The predicted molar refractivity (Wildman–Crippen MR) is 108 cm³/mol. The van der Waals surface area contributed by atoms with Gasteiger partial charge >= 0.3 is 5.97 Å². The van der Waals surface area contributed by atoms with Crippen LogP contribution in [0.5, 0.6) is 11.5 Å². The fourth-order valence-electron chi connectivity index (χ4n) is 2.46. The minimum Gasteiger partial charge on any atom is -0.497 e. The fraction of sp³-hybridized carbons (Fsp3) is 0.190. The third kappa shape index (κ3) is 5.14. The molecule has 29 heavy (non-hydrogen) atoms. The number of hydrogen-bond acceptors (Lipinski definition) is 7. The highest BCUT2D eigenvalue weighted by molar-refractivity contribution is 6.31. The van der Waals surface area contributed by atoms with Crippen LogP contribution >= 0.6 is 11.6 Å². The van der Waals surface area contributed by atoms with E-state index in [4.69, 9.17) is 30.3 Å². The zero-order chi connectivity index (χ0) is 20.8. The molecule has 1 heterocycles. The van der Waals surface area contributed by atoms with Gasteiger partial charge in [-0.05, 0) is 42.3 Å². The lowest BCUT2D eigenvalue weighted by molar-refractivity contribution is -0.139. The maximum atomic E-state index is 11.9. The van der Waals surface area contributed by atoms with Crippen LogP contribution in [0.4, 0.5) is 0 Å². The second kappa shape index (κ2) is 9.25. The molecule has 8 heteroatoms. The molecule has 0 atom stereocenters. The van der Waals surface area contributed by atoms with Gasteiger partial charge in [0.05, 0.1) is 19.8 Å². The van der Waals surface area contributed by atoms with Crippen LogP contribution in [0.25, 0.3) is 17.5 Å². The zero-order valence-corrected chi connectivity index (χ0v) is 16.9. The Morgan fingerprint density at radius 2 is 2.00 bits per heavy atom. The summed E-state index contributed by atoms with van der Waals surface area (Å²) in [6, 6.07) is 10.7. The fourth-order valence-corrected chi connectivity index (χ4v) is 2.65. The number of methoxy groups -OCH3 is 2. The molecule has 0 aliphatic carbocycles. The Kier molecular flexibility index (Phi) is 6.51. The minimum atomic E-state index is -0.538. The minimum absolute atomic E-state index is 0.150. The third-order valence-corrected chi connectivity index (χ3v) is 4.47. The van der Waals surface area contributed by atoms with E-state index in [9.17, 15) is 4.79 Å². The maximum absolute atomic E-state index is 11.9. The van der Waals surface area contributed by atoms with E-state index >= 15 is 0 Å². The van der Waals surface area contributed by atoms with Gasteiger partial charge in [-0.3, -0.25) is 0 Å². The number of hydrogen-bond donors (Lipinski definition) is 0. The van der Waals surface area contributed by atoms with Gasteiger partial charge in [-0.1, -0.05) is 28.9 Å². The molecule has 0 fully saturated rings. The van der Waals surface area contributed by atoms with Crippen molar-refractivity contribution < 1.29 is 23.5 Å². The summed E-state index contributed by atoms with van der Waals surface area (Å²) in [5.41, 5.74) is 2.39. The summed E-state index contributed by atoms with van der Waals surface area (Å²) in [6.45, 7) is 1.76. The number of carbonyl (C=O) groups is 1. The number of nitrogens with zero attached hydrogens (tertiary/aromatic N) is 2. The van der Waals surface area contributed by atoms with E-state index in [1.165, 1.54) is 13.2 Å². The van der Waals surface area contributed by atoms with Crippen LogP contribution in [0.1, 0.15) is 17.0 Å². The summed E-state index contributed by atoms with van der Waals surface area (Å²) in [5.74, 6) is 1.13. The number of benzene rings is 2. The summed E-state index contributed by atoms with van der Waals surface area (Å²) < 4.78 is 20.8. The molecule has 3 rings (SSSR count). The number of ether oxygens (including phenoxy) is 3. The number of rotatable bonds is 7. The highest BCUT2D eigenvalue weighted by atomic mass is 35.5. The van der Waals surface area contributed by atoms with Crippen molar-refractivity contribution in [3.05, 3.63) is 64.5 Å². The van der Waals surface area contributed by atoms with Crippen LogP contribution < -0.4 is 9.47 Å². The standard InChI is InChI=1S/C21H19ClN2O5/c1-13-4-5-14(10-17(13)22)6-9-20(25)28-12-19-23-21(24-29-19)16-8-7-15(26-2)11-18(16)27-3/h4-11H,12H2,1-3H3/b9-6+. The molecule has 0 radical (unpaired) electrons. The van der Waals surface area contributed by atoms with E-state index in [1.807, 2.05) is 19.1 Å². The van der Waals surface area contributed by atoms with Gasteiger partial charge in [0.1, 0.15) is 11.5 Å². The summed E-state index contributed by atoms with van der Waals surface area (Å²) in [5, 5.41) is 4.54. The van der Waals surface area contributed by atoms with E-state index in [0.717, 1.165) is 11.1 Å². The van der Waals surface area contributed by atoms with Crippen molar-refractivity contribution in [2.75, 3.05) is 14.2 Å². The van der Waals surface area contributed by atoms with Crippen molar-refractivity contribution in [3.8, 4) is 22.9 Å². The molecule has 0 bridgehead atoms. The second-order valence-electron chi connectivity index (χ2n) is 6.03. The number of aromatic nitrogens is 2. The highest BCUT2D eigenvalue weighted by Crippen LogP contribution is 2.31. The summed E-state index contributed by atoms with van der Waals surface area (Å²) >= 11 is 6.07. The third-order valence-electron chi connectivity index (χ3n) is 4.06. The van der Waals surface area contributed by atoms with Gasteiger partial charge in [-0.25, -0.2) is 4.79 Å².